The number of carbonyl (C=O) groups is 2. The lowest BCUT2D eigenvalue weighted by molar-refractivity contribution is -0.135. The Balaban J connectivity index is 1.17. The molecule has 1 spiro atoms. The third-order valence-electron chi connectivity index (χ3n) is 8.88. The highest BCUT2D eigenvalue weighted by atomic mass is 35.5. The number of halogens is 2. The van der Waals surface area contributed by atoms with Gasteiger partial charge in [-0.3, -0.25) is 14.5 Å². The van der Waals surface area contributed by atoms with Gasteiger partial charge in [0.15, 0.2) is 0 Å². The summed E-state index contributed by atoms with van der Waals surface area (Å²) in [5, 5.41) is 3.45. The van der Waals surface area contributed by atoms with Crippen molar-refractivity contribution in [1.29, 1.82) is 0 Å². The minimum absolute atomic E-state index is 0.0117. The largest absolute Gasteiger partial charge is 0.348 e. The van der Waals surface area contributed by atoms with Gasteiger partial charge in [-0.1, -0.05) is 36.9 Å². The highest BCUT2D eigenvalue weighted by Gasteiger charge is 2.49. The van der Waals surface area contributed by atoms with E-state index in [9.17, 15) is 14.0 Å². The number of fused-ring (bicyclic) bond motifs is 1. The molecule has 3 aliphatic heterocycles. The van der Waals surface area contributed by atoms with E-state index < -0.39 is 11.4 Å². The van der Waals surface area contributed by atoms with Gasteiger partial charge in [-0.2, -0.15) is 0 Å². The van der Waals surface area contributed by atoms with Crippen molar-refractivity contribution in [1.82, 2.24) is 20.0 Å². The molecule has 4 aliphatic rings. The van der Waals surface area contributed by atoms with E-state index in [4.69, 9.17) is 11.6 Å². The fourth-order valence-corrected chi connectivity index (χ4v) is 6.82. The van der Waals surface area contributed by atoms with Gasteiger partial charge < -0.3 is 15.1 Å². The van der Waals surface area contributed by atoms with Crippen LogP contribution in [0.2, 0.25) is 5.02 Å². The number of hydrogen-bond acceptors (Lipinski definition) is 4. The number of nitrogens with one attached hydrogen (secondary N) is 1. The van der Waals surface area contributed by atoms with Crippen LogP contribution in [0.1, 0.15) is 63.4 Å². The molecule has 192 valence electrons. The smallest absolute Gasteiger partial charge is 0.243 e. The minimum atomic E-state index is -0.469. The average Bonchev–Trinajstić information content (AvgIpc) is 3.27. The number of carbonyl (C=O) groups excluding carboxylic acids is 2. The van der Waals surface area contributed by atoms with E-state index in [0.717, 1.165) is 50.4 Å². The number of hydrogen-bond donors (Lipinski definition) is 1. The molecule has 2 amide bonds. The Labute approximate surface area is 213 Å². The fourth-order valence-electron chi connectivity index (χ4n) is 6.70. The van der Waals surface area contributed by atoms with E-state index in [0.29, 0.717) is 19.5 Å². The normalized spacial score (nSPS) is 27.8. The molecule has 0 unspecified atom stereocenters. The zero-order valence-electron chi connectivity index (χ0n) is 20.8. The molecule has 8 heteroatoms. The van der Waals surface area contributed by atoms with E-state index in [1.54, 1.807) is 6.07 Å². The number of piperidine rings is 1. The monoisotopic (exact) mass is 504 g/mol. The third-order valence-corrected chi connectivity index (χ3v) is 9.18. The molecule has 4 fully saturated rings. The lowest BCUT2D eigenvalue weighted by Gasteiger charge is -2.41. The molecule has 6 nitrogen and oxygen atoms in total. The first-order valence-electron chi connectivity index (χ1n) is 13.3. The summed E-state index contributed by atoms with van der Waals surface area (Å²) in [6.45, 7) is 3.88. The Morgan fingerprint density at radius 3 is 2.63 bits per heavy atom. The van der Waals surface area contributed by atoms with E-state index >= 15 is 0 Å². The molecule has 35 heavy (non-hydrogen) atoms. The molecule has 2 atom stereocenters. The van der Waals surface area contributed by atoms with Crippen LogP contribution in [0.15, 0.2) is 18.2 Å². The minimum Gasteiger partial charge on any atom is -0.348 e. The molecule has 1 aliphatic carbocycles. The summed E-state index contributed by atoms with van der Waals surface area (Å²) in [5.74, 6) is 0.465. The summed E-state index contributed by atoms with van der Waals surface area (Å²) in [6.07, 6.45) is 9.17. The Bertz CT molecular complexity index is 917. The molecule has 5 rings (SSSR count). The number of benzene rings is 1. The summed E-state index contributed by atoms with van der Waals surface area (Å²) < 4.78 is 13.8. The molecule has 0 radical (unpaired) electrons. The van der Waals surface area contributed by atoms with Gasteiger partial charge in [-0.15, -0.1) is 0 Å². The van der Waals surface area contributed by atoms with Crippen LogP contribution in [-0.4, -0.2) is 77.4 Å². The first-order valence-corrected chi connectivity index (χ1v) is 13.7. The van der Waals surface area contributed by atoms with Crippen LogP contribution in [0.5, 0.6) is 0 Å². The number of likely N-dealkylation sites (N-methyl/N-ethyl adjacent to an activating group) is 1. The predicted molar refractivity (Wildman–Crippen MR) is 135 cm³/mol. The molecule has 1 aromatic carbocycles. The second kappa shape index (κ2) is 10.3. The molecule has 0 bridgehead atoms. The number of amides is 2. The topological polar surface area (TPSA) is 55.9 Å². The molecule has 1 aromatic rings. The number of rotatable bonds is 5. The molecule has 3 heterocycles. The standard InChI is InChI=1S/C27H38ClFN4O2/c1-31(16-19-5-3-2-4-6-19)21-14-24-26(35)30-27(15-25(34)33(24)18-21)9-11-32(12-10-27)17-20-7-8-22(28)23(29)13-20/h7-8,13,19,21,24H,2-6,9-12,14-18H2,1H3,(H,30,35)/t21-,24-/m0/s1. The van der Waals surface area contributed by atoms with Crippen molar-refractivity contribution in [3.8, 4) is 0 Å². The van der Waals surface area contributed by atoms with Gasteiger partial charge in [0.1, 0.15) is 11.9 Å². The van der Waals surface area contributed by atoms with Crippen LogP contribution in [0.3, 0.4) is 0 Å². The van der Waals surface area contributed by atoms with Crippen molar-refractivity contribution in [2.24, 2.45) is 5.92 Å². The van der Waals surface area contributed by atoms with Crippen molar-refractivity contribution >= 4 is 23.4 Å². The van der Waals surface area contributed by atoms with Gasteiger partial charge >= 0.3 is 0 Å². The van der Waals surface area contributed by atoms with Crippen LogP contribution in [0.4, 0.5) is 4.39 Å². The van der Waals surface area contributed by atoms with E-state index in [1.165, 1.54) is 38.2 Å². The predicted octanol–water partition coefficient (Wildman–Crippen LogP) is 3.82. The quantitative estimate of drug-likeness (QED) is 0.662. The molecule has 1 N–H and O–H groups in total. The van der Waals surface area contributed by atoms with Crippen LogP contribution in [0.25, 0.3) is 0 Å². The van der Waals surface area contributed by atoms with E-state index in [-0.39, 0.29) is 28.9 Å². The van der Waals surface area contributed by atoms with E-state index in [2.05, 4.69) is 22.2 Å². The van der Waals surface area contributed by atoms with Crippen molar-refractivity contribution < 1.29 is 14.0 Å². The molecule has 1 saturated carbocycles. The molecule has 3 saturated heterocycles. The van der Waals surface area contributed by atoms with Gasteiger partial charge in [-0.05, 0) is 62.8 Å². The average molecular weight is 505 g/mol. The van der Waals surface area contributed by atoms with Crippen LogP contribution in [0, 0.1) is 11.7 Å². The summed E-state index contributed by atoms with van der Waals surface area (Å²) >= 11 is 5.81. The Kier molecular flexibility index (Phi) is 7.38. The Morgan fingerprint density at radius 1 is 1.17 bits per heavy atom. The maximum absolute atomic E-state index is 13.8. The van der Waals surface area contributed by atoms with Crippen LogP contribution >= 0.6 is 11.6 Å². The van der Waals surface area contributed by atoms with Gasteiger partial charge in [0, 0.05) is 38.8 Å². The van der Waals surface area contributed by atoms with Gasteiger partial charge in [0.2, 0.25) is 11.8 Å². The van der Waals surface area contributed by atoms with Crippen LogP contribution < -0.4 is 5.32 Å². The highest BCUT2D eigenvalue weighted by molar-refractivity contribution is 6.30. The van der Waals surface area contributed by atoms with Crippen molar-refractivity contribution in [2.75, 3.05) is 33.2 Å². The lowest BCUT2D eigenvalue weighted by Crippen LogP contribution is -2.56. The third kappa shape index (κ3) is 5.52. The Morgan fingerprint density at radius 2 is 1.91 bits per heavy atom. The highest BCUT2D eigenvalue weighted by Crippen LogP contribution is 2.34. The molecule has 0 aromatic heterocycles. The number of likely N-dealkylation sites (tertiary alicyclic amines) is 1. The SMILES string of the molecule is CN(CC1CCCCC1)[C@H]1C[C@H]2C(=O)NC3(CCN(Cc4ccc(Cl)c(F)c4)CC3)CC(=O)N2C1. The van der Waals surface area contributed by atoms with Crippen molar-refractivity contribution in [3.05, 3.63) is 34.6 Å². The first kappa shape index (κ1) is 25.0. The van der Waals surface area contributed by atoms with Gasteiger partial charge in [0.05, 0.1) is 17.0 Å². The van der Waals surface area contributed by atoms with E-state index in [1.807, 2.05) is 11.0 Å². The first-order chi connectivity index (χ1) is 16.8. The second-order valence-corrected chi connectivity index (χ2v) is 11.8. The fraction of sp³-hybridized carbons (Fsp3) is 0.704. The van der Waals surface area contributed by atoms with Gasteiger partial charge in [-0.25, -0.2) is 4.39 Å². The molecular weight excluding hydrogens is 467 g/mol. The Hall–Kier alpha value is -1.70. The molecular formula is C27H38ClFN4O2. The summed E-state index contributed by atoms with van der Waals surface area (Å²) in [7, 11) is 2.16. The lowest BCUT2D eigenvalue weighted by atomic mass is 9.83. The summed E-state index contributed by atoms with van der Waals surface area (Å²) in [6, 6.07) is 4.83. The summed E-state index contributed by atoms with van der Waals surface area (Å²) in [4.78, 5) is 33.2. The maximum atomic E-state index is 13.8. The zero-order chi connectivity index (χ0) is 24.6. The van der Waals surface area contributed by atoms with Crippen molar-refractivity contribution in [2.45, 2.75) is 82.0 Å². The zero-order valence-corrected chi connectivity index (χ0v) is 21.5. The van der Waals surface area contributed by atoms with Crippen molar-refractivity contribution in [3.63, 3.8) is 0 Å². The van der Waals surface area contributed by atoms with Crippen LogP contribution in [-0.2, 0) is 16.1 Å². The number of nitrogens with zero attached hydrogens (tertiary/aromatic N) is 3. The summed E-state index contributed by atoms with van der Waals surface area (Å²) in [5.41, 5.74) is 0.414. The van der Waals surface area contributed by atoms with Gasteiger partial charge in [0.25, 0.3) is 0 Å². The maximum Gasteiger partial charge on any atom is 0.243 e. The second-order valence-electron chi connectivity index (χ2n) is 11.4.